The summed E-state index contributed by atoms with van der Waals surface area (Å²) in [5.41, 5.74) is 4.58. The van der Waals surface area contributed by atoms with E-state index >= 15 is 0 Å². The predicted octanol–water partition coefficient (Wildman–Crippen LogP) is 4.78. The zero-order valence-electron chi connectivity index (χ0n) is 20.2. The molecular formula is C29H24N6O2. The van der Waals surface area contributed by atoms with Crippen LogP contribution in [0.5, 0.6) is 5.75 Å². The lowest BCUT2D eigenvalue weighted by molar-refractivity contribution is 0.414. The molecular weight excluding hydrogens is 464 g/mol. The molecule has 182 valence electrons. The fraction of sp³-hybridized carbons (Fsp3) is 0.103. The molecule has 5 heterocycles. The Morgan fingerprint density at radius 3 is 2.73 bits per heavy atom. The van der Waals surface area contributed by atoms with Crippen molar-refractivity contribution < 1.29 is 4.74 Å². The lowest BCUT2D eigenvalue weighted by Crippen LogP contribution is -2.20. The van der Waals surface area contributed by atoms with Gasteiger partial charge in [-0.25, -0.2) is 9.97 Å². The molecule has 5 aromatic heterocycles. The summed E-state index contributed by atoms with van der Waals surface area (Å²) in [4.78, 5) is 26.7. The number of pyridine rings is 4. The van der Waals surface area contributed by atoms with Crippen molar-refractivity contribution in [3.63, 3.8) is 0 Å². The number of fused-ring (bicyclic) bond motifs is 2. The predicted molar refractivity (Wildman–Crippen MR) is 144 cm³/mol. The van der Waals surface area contributed by atoms with E-state index in [9.17, 15) is 4.79 Å². The van der Waals surface area contributed by atoms with Crippen molar-refractivity contribution in [2.24, 2.45) is 0 Å². The molecule has 0 aliphatic heterocycles. The van der Waals surface area contributed by atoms with E-state index in [1.807, 2.05) is 83.7 Å². The summed E-state index contributed by atoms with van der Waals surface area (Å²) < 4.78 is 8.91. The van der Waals surface area contributed by atoms with Gasteiger partial charge in [0.1, 0.15) is 17.2 Å². The summed E-state index contributed by atoms with van der Waals surface area (Å²) in [6.45, 7) is 0.970. The van der Waals surface area contributed by atoms with Gasteiger partial charge in [0, 0.05) is 55.4 Å². The second kappa shape index (κ2) is 9.58. The first-order chi connectivity index (χ1) is 18.2. The average molecular weight is 489 g/mol. The number of hydrogen-bond donors (Lipinski definition) is 1. The molecule has 0 spiro atoms. The SMILES string of the molecule is COc1ccnc(NCc2ccc3nc(Cn4ccc5c(-c6ccccc6)cncc5c4=O)cn3c2)c1. The van der Waals surface area contributed by atoms with Crippen LogP contribution in [0.4, 0.5) is 5.82 Å². The number of rotatable bonds is 7. The van der Waals surface area contributed by atoms with Gasteiger partial charge in [-0.15, -0.1) is 0 Å². The minimum absolute atomic E-state index is 0.0875. The third kappa shape index (κ3) is 4.52. The van der Waals surface area contributed by atoms with E-state index in [0.29, 0.717) is 18.5 Å². The van der Waals surface area contributed by atoms with Crippen molar-refractivity contribution in [2.45, 2.75) is 13.1 Å². The molecule has 0 bridgehead atoms. The van der Waals surface area contributed by atoms with Crippen LogP contribution in [0.15, 0.2) is 103 Å². The van der Waals surface area contributed by atoms with Crippen LogP contribution in [-0.4, -0.2) is 31.0 Å². The van der Waals surface area contributed by atoms with Gasteiger partial charge in [0.15, 0.2) is 0 Å². The van der Waals surface area contributed by atoms with Gasteiger partial charge in [0.2, 0.25) is 0 Å². The molecule has 1 aromatic carbocycles. The quantitative estimate of drug-likeness (QED) is 0.348. The fourth-order valence-electron chi connectivity index (χ4n) is 4.45. The highest BCUT2D eigenvalue weighted by atomic mass is 16.5. The third-order valence-electron chi connectivity index (χ3n) is 6.32. The van der Waals surface area contributed by atoms with Crippen LogP contribution in [0.25, 0.3) is 27.5 Å². The van der Waals surface area contributed by atoms with Crippen molar-refractivity contribution in [3.8, 4) is 16.9 Å². The molecule has 0 aliphatic rings. The topological polar surface area (TPSA) is 86.3 Å². The molecule has 0 atom stereocenters. The molecule has 0 fully saturated rings. The second-order valence-electron chi connectivity index (χ2n) is 8.73. The summed E-state index contributed by atoms with van der Waals surface area (Å²) >= 11 is 0. The highest BCUT2D eigenvalue weighted by molar-refractivity contribution is 5.95. The van der Waals surface area contributed by atoms with E-state index in [1.54, 1.807) is 30.3 Å². The van der Waals surface area contributed by atoms with Gasteiger partial charge in [-0.1, -0.05) is 36.4 Å². The van der Waals surface area contributed by atoms with Gasteiger partial charge in [-0.3, -0.25) is 9.78 Å². The molecule has 6 rings (SSSR count). The number of hydrogen-bond acceptors (Lipinski definition) is 6. The van der Waals surface area contributed by atoms with Crippen LogP contribution >= 0.6 is 0 Å². The number of nitrogens with zero attached hydrogens (tertiary/aromatic N) is 5. The van der Waals surface area contributed by atoms with Gasteiger partial charge in [-0.05, 0) is 34.7 Å². The Balaban J connectivity index is 1.24. The van der Waals surface area contributed by atoms with Gasteiger partial charge in [0.25, 0.3) is 5.56 Å². The van der Waals surface area contributed by atoms with Crippen molar-refractivity contribution in [3.05, 3.63) is 119 Å². The Labute approximate surface area is 212 Å². The first-order valence-corrected chi connectivity index (χ1v) is 11.9. The summed E-state index contributed by atoms with van der Waals surface area (Å²) in [6.07, 6.45) is 11.0. The Kier molecular flexibility index (Phi) is 5.82. The van der Waals surface area contributed by atoms with E-state index in [4.69, 9.17) is 9.72 Å². The van der Waals surface area contributed by atoms with Crippen molar-refractivity contribution >= 4 is 22.2 Å². The number of aromatic nitrogens is 5. The lowest BCUT2D eigenvalue weighted by Gasteiger charge is -2.09. The molecule has 0 amide bonds. The second-order valence-corrected chi connectivity index (χ2v) is 8.73. The maximum atomic E-state index is 13.3. The molecule has 8 heteroatoms. The summed E-state index contributed by atoms with van der Waals surface area (Å²) in [5.74, 6) is 1.49. The van der Waals surface area contributed by atoms with Gasteiger partial charge in [0.05, 0.1) is 24.7 Å². The molecule has 0 unspecified atom stereocenters. The zero-order chi connectivity index (χ0) is 25.2. The molecule has 37 heavy (non-hydrogen) atoms. The van der Waals surface area contributed by atoms with E-state index in [0.717, 1.165) is 45.0 Å². The average Bonchev–Trinajstić information content (AvgIpc) is 3.35. The maximum absolute atomic E-state index is 13.3. The van der Waals surface area contributed by atoms with Crippen molar-refractivity contribution in [1.82, 2.24) is 23.9 Å². The van der Waals surface area contributed by atoms with Crippen LogP contribution in [0.3, 0.4) is 0 Å². The monoisotopic (exact) mass is 488 g/mol. The highest BCUT2D eigenvalue weighted by Crippen LogP contribution is 2.26. The molecule has 8 nitrogen and oxygen atoms in total. The minimum atomic E-state index is -0.0875. The van der Waals surface area contributed by atoms with Gasteiger partial charge >= 0.3 is 0 Å². The highest BCUT2D eigenvalue weighted by Gasteiger charge is 2.11. The summed E-state index contributed by atoms with van der Waals surface area (Å²) in [7, 11) is 1.63. The zero-order valence-corrected chi connectivity index (χ0v) is 20.2. The lowest BCUT2D eigenvalue weighted by atomic mass is 10.0. The van der Waals surface area contributed by atoms with Crippen LogP contribution in [-0.2, 0) is 13.1 Å². The number of methoxy groups -OCH3 is 1. The first-order valence-electron chi connectivity index (χ1n) is 11.9. The Bertz CT molecular complexity index is 1780. The number of benzene rings is 1. The largest absolute Gasteiger partial charge is 0.497 e. The van der Waals surface area contributed by atoms with Crippen LogP contribution in [0, 0.1) is 0 Å². The fourth-order valence-corrected chi connectivity index (χ4v) is 4.45. The Morgan fingerprint density at radius 2 is 1.86 bits per heavy atom. The van der Waals surface area contributed by atoms with Crippen molar-refractivity contribution in [2.75, 3.05) is 12.4 Å². The van der Waals surface area contributed by atoms with Crippen LogP contribution < -0.4 is 15.6 Å². The number of anilines is 1. The maximum Gasteiger partial charge on any atom is 0.260 e. The van der Waals surface area contributed by atoms with E-state index < -0.39 is 0 Å². The van der Waals surface area contributed by atoms with E-state index in [1.165, 1.54) is 0 Å². The summed E-state index contributed by atoms with van der Waals surface area (Å²) in [6, 6.07) is 19.6. The Morgan fingerprint density at radius 1 is 0.973 bits per heavy atom. The van der Waals surface area contributed by atoms with Gasteiger partial charge < -0.3 is 19.0 Å². The summed E-state index contributed by atoms with van der Waals surface area (Å²) in [5, 5.41) is 4.79. The van der Waals surface area contributed by atoms with Crippen LogP contribution in [0.2, 0.25) is 0 Å². The molecule has 1 N–H and O–H groups in total. The van der Waals surface area contributed by atoms with Crippen molar-refractivity contribution in [1.29, 1.82) is 0 Å². The standard InChI is InChI=1S/C29H24N6O2/c1-37-23-9-11-31-27(13-23)32-14-20-7-8-28-33-22(19-35(28)17-20)18-34-12-10-24-25(21-5-3-2-4-6-21)15-30-16-26(24)29(34)36/h2-13,15-17,19H,14,18H2,1H3,(H,31,32). The first kappa shape index (κ1) is 22.5. The Hall–Kier alpha value is -4.98. The normalized spacial score (nSPS) is 11.2. The van der Waals surface area contributed by atoms with E-state index in [-0.39, 0.29) is 5.56 Å². The number of nitrogens with one attached hydrogen (secondary N) is 1. The van der Waals surface area contributed by atoms with E-state index in [2.05, 4.69) is 15.3 Å². The number of imidazole rings is 1. The molecule has 0 saturated carbocycles. The number of ether oxygens (including phenoxy) is 1. The smallest absolute Gasteiger partial charge is 0.260 e. The molecule has 0 radical (unpaired) electrons. The van der Waals surface area contributed by atoms with Crippen LogP contribution in [0.1, 0.15) is 11.3 Å². The molecule has 6 aromatic rings. The molecule has 0 aliphatic carbocycles. The minimum Gasteiger partial charge on any atom is -0.497 e. The molecule has 0 saturated heterocycles. The van der Waals surface area contributed by atoms with Gasteiger partial charge in [-0.2, -0.15) is 0 Å². The third-order valence-corrected chi connectivity index (χ3v) is 6.32.